The van der Waals surface area contributed by atoms with Gasteiger partial charge in [-0.2, -0.15) is 0 Å². The number of rotatable bonds is 5. The fraction of sp³-hybridized carbons (Fsp3) is 0.438. The van der Waals surface area contributed by atoms with Crippen molar-refractivity contribution in [2.75, 3.05) is 19.7 Å². The lowest BCUT2D eigenvalue weighted by Crippen LogP contribution is -2.50. The monoisotopic (exact) mass is 338 g/mol. The van der Waals surface area contributed by atoms with Gasteiger partial charge in [-0.1, -0.05) is 12.1 Å². The number of sulfonamides is 1. The van der Waals surface area contributed by atoms with Crippen molar-refractivity contribution in [1.82, 2.24) is 9.62 Å². The Morgan fingerprint density at radius 1 is 1.48 bits per heavy atom. The van der Waals surface area contributed by atoms with E-state index >= 15 is 0 Å². The molecule has 1 fully saturated rings. The number of hydrogen-bond acceptors (Lipinski definition) is 4. The summed E-state index contributed by atoms with van der Waals surface area (Å²) in [6, 6.07) is 6.03. The third kappa shape index (κ3) is 4.19. The van der Waals surface area contributed by atoms with Crippen molar-refractivity contribution in [2.24, 2.45) is 0 Å². The highest BCUT2D eigenvalue weighted by Gasteiger charge is 2.28. The van der Waals surface area contributed by atoms with Crippen molar-refractivity contribution in [3.8, 4) is 0 Å². The summed E-state index contributed by atoms with van der Waals surface area (Å²) in [7, 11) is -3.65. The summed E-state index contributed by atoms with van der Waals surface area (Å²) in [4.78, 5) is 14.5. The van der Waals surface area contributed by atoms with Gasteiger partial charge in [0.05, 0.1) is 23.6 Å². The maximum absolute atomic E-state index is 12.7. The zero-order valence-corrected chi connectivity index (χ0v) is 14.2. The number of amides is 1. The van der Waals surface area contributed by atoms with E-state index in [9.17, 15) is 13.2 Å². The highest BCUT2D eigenvalue weighted by atomic mass is 32.2. The van der Waals surface area contributed by atoms with Gasteiger partial charge < -0.3 is 9.64 Å². The molecule has 7 heteroatoms. The van der Waals surface area contributed by atoms with Gasteiger partial charge in [0.15, 0.2) is 0 Å². The molecule has 0 aromatic heterocycles. The average Bonchev–Trinajstić information content (AvgIpc) is 2.54. The van der Waals surface area contributed by atoms with E-state index in [1.54, 1.807) is 17.0 Å². The van der Waals surface area contributed by atoms with Crippen LogP contribution in [0.15, 0.2) is 41.8 Å². The Morgan fingerprint density at radius 2 is 2.22 bits per heavy atom. The zero-order chi connectivity index (χ0) is 17.0. The van der Waals surface area contributed by atoms with Crippen molar-refractivity contribution in [3.05, 3.63) is 42.5 Å². The molecule has 1 aliphatic rings. The van der Waals surface area contributed by atoms with Gasteiger partial charge in [-0.15, -0.1) is 6.58 Å². The van der Waals surface area contributed by atoms with Gasteiger partial charge in [0, 0.05) is 18.7 Å². The van der Waals surface area contributed by atoms with E-state index in [2.05, 4.69) is 11.3 Å². The molecule has 1 saturated heterocycles. The first-order chi connectivity index (χ1) is 10.8. The van der Waals surface area contributed by atoms with Gasteiger partial charge >= 0.3 is 0 Å². The number of hydrogen-bond donors (Lipinski definition) is 1. The molecule has 0 aliphatic carbocycles. The number of carbonyl (C=O) groups excluding carboxylic acids is 1. The Bertz CT molecular complexity index is 687. The van der Waals surface area contributed by atoms with Crippen molar-refractivity contribution >= 4 is 15.9 Å². The summed E-state index contributed by atoms with van der Waals surface area (Å²) in [6.07, 6.45) is 1.43. The molecule has 2 unspecified atom stereocenters. The Morgan fingerprint density at radius 3 is 2.91 bits per heavy atom. The molecule has 1 heterocycles. The molecule has 0 radical (unpaired) electrons. The third-order valence-electron chi connectivity index (χ3n) is 3.68. The van der Waals surface area contributed by atoms with Crippen LogP contribution in [0.3, 0.4) is 0 Å². The summed E-state index contributed by atoms with van der Waals surface area (Å²) >= 11 is 0. The predicted molar refractivity (Wildman–Crippen MR) is 87.7 cm³/mol. The fourth-order valence-electron chi connectivity index (χ4n) is 2.40. The van der Waals surface area contributed by atoms with Gasteiger partial charge in [-0.3, -0.25) is 4.79 Å². The second kappa shape index (κ2) is 7.25. The predicted octanol–water partition coefficient (Wildman–Crippen LogP) is 1.40. The van der Waals surface area contributed by atoms with E-state index in [0.717, 1.165) is 0 Å². The van der Waals surface area contributed by atoms with Crippen LogP contribution in [0.5, 0.6) is 0 Å². The smallest absolute Gasteiger partial charge is 0.254 e. The molecule has 126 valence electrons. The van der Waals surface area contributed by atoms with Crippen molar-refractivity contribution in [1.29, 1.82) is 0 Å². The SMILES string of the molecule is C=CCNS(=O)(=O)c1cccc(C(=O)N2CC(C)OCC2C)c1. The van der Waals surface area contributed by atoms with Crippen molar-refractivity contribution in [3.63, 3.8) is 0 Å². The quantitative estimate of drug-likeness (QED) is 0.824. The molecule has 0 saturated carbocycles. The minimum Gasteiger partial charge on any atom is -0.375 e. The van der Waals surface area contributed by atoms with Crippen LogP contribution in [0.4, 0.5) is 0 Å². The lowest BCUT2D eigenvalue weighted by Gasteiger charge is -2.36. The Kier molecular flexibility index (Phi) is 5.56. The van der Waals surface area contributed by atoms with Crippen LogP contribution in [0.25, 0.3) is 0 Å². The highest BCUT2D eigenvalue weighted by molar-refractivity contribution is 7.89. The van der Waals surface area contributed by atoms with E-state index in [-0.39, 0.29) is 29.5 Å². The summed E-state index contributed by atoms with van der Waals surface area (Å²) in [6.45, 7) is 8.41. The topological polar surface area (TPSA) is 75.7 Å². The van der Waals surface area contributed by atoms with E-state index < -0.39 is 10.0 Å². The first-order valence-corrected chi connectivity index (χ1v) is 8.96. The molecule has 2 rings (SSSR count). The molecular formula is C16H22N2O4S. The van der Waals surface area contributed by atoms with Crippen molar-refractivity contribution in [2.45, 2.75) is 30.9 Å². The molecule has 1 aliphatic heterocycles. The maximum Gasteiger partial charge on any atom is 0.254 e. The standard InChI is InChI=1S/C16H22N2O4S/c1-4-8-17-23(20,21)15-7-5-6-14(9-15)16(19)18-10-13(3)22-11-12(18)2/h4-7,9,12-13,17H,1,8,10-11H2,2-3H3. The lowest BCUT2D eigenvalue weighted by molar-refractivity contribution is -0.0387. The van der Waals surface area contributed by atoms with E-state index in [1.807, 2.05) is 13.8 Å². The van der Waals surface area contributed by atoms with Crippen LogP contribution in [0.1, 0.15) is 24.2 Å². The van der Waals surface area contributed by atoms with E-state index in [0.29, 0.717) is 18.7 Å². The summed E-state index contributed by atoms with van der Waals surface area (Å²) < 4.78 is 32.2. The molecule has 0 spiro atoms. The molecule has 1 aromatic carbocycles. The molecule has 0 bridgehead atoms. The zero-order valence-electron chi connectivity index (χ0n) is 13.4. The van der Waals surface area contributed by atoms with Gasteiger partial charge in [-0.25, -0.2) is 13.1 Å². The molecule has 6 nitrogen and oxygen atoms in total. The largest absolute Gasteiger partial charge is 0.375 e. The van der Waals surface area contributed by atoms with Crippen LogP contribution in [-0.4, -0.2) is 51.1 Å². The van der Waals surface area contributed by atoms with Gasteiger partial charge in [-0.05, 0) is 32.0 Å². The van der Waals surface area contributed by atoms with Crippen LogP contribution in [0, 0.1) is 0 Å². The highest BCUT2D eigenvalue weighted by Crippen LogP contribution is 2.18. The average molecular weight is 338 g/mol. The van der Waals surface area contributed by atoms with Crippen molar-refractivity contribution < 1.29 is 17.9 Å². The lowest BCUT2D eigenvalue weighted by atomic mass is 10.1. The number of carbonyl (C=O) groups is 1. The molecule has 1 amide bonds. The summed E-state index contributed by atoms with van der Waals surface area (Å²) in [5.74, 6) is -0.187. The fourth-order valence-corrected chi connectivity index (χ4v) is 3.44. The number of benzene rings is 1. The first kappa shape index (κ1) is 17.7. The van der Waals surface area contributed by atoms with E-state index in [4.69, 9.17) is 4.74 Å². The number of nitrogens with one attached hydrogen (secondary N) is 1. The third-order valence-corrected chi connectivity index (χ3v) is 5.10. The summed E-state index contributed by atoms with van der Waals surface area (Å²) in [5, 5.41) is 0. The van der Waals surface area contributed by atoms with Crippen LogP contribution in [-0.2, 0) is 14.8 Å². The minimum atomic E-state index is -3.65. The number of morpholine rings is 1. The Balaban J connectivity index is 2.25. The second-order valence-electron chi connectivity index (χ2n) is 5.62. The molecule has 2 atom stereocenters. The maximum atomic E-state index is 12.7. The van der Waals surface area contributed by atoms with Gasteiger partial charge in [0.2, 0.25) is 10.0 Å². The van der Waals surface area contributed by atoms with Crippen LogP contribution in [0.2, 0.25) is 0 Å². The Labute approximate surface area is 137 Å². The first-order valence-electron chi connectivity index (χ1n) is 7.48. The van der Waals surface area contributed by atoms with Crippen LogP contribution >= 0.6 is 0 Å². The minimum absolute atomic E-state index is 0.0312. The number of ether oxygens (including phenoxy) is 1. The molecule has 1 aromatic rings. The van der Waals surface area contributed by atoms with Gasteiger partial charge in [0.1, 0.15) is 0 Å². The normalized spacial score (nSPS) is 21.9. The summed E-state index contributed by atoms with van der Waals surface area (Å²) in [5.41, 5.74) is 0.354. The molecule has 23 heavy (non-hydrogen) atoms. The molecular weight excluding hydrogens is 316 g/mol. The Hall–Kier alpha value is -1.70. The van der Waals surface area contributed by atoms with Gasteiger partial charge in [0.25, 0.3) is 5.91 Å². The van der Waals surface area contributed by atoms with E-state index in [1.165, 1.54) is 18.2 Å². The number of nitrogens with zero attached hydrogens (tertiary/aromatic N) is 1. The molecule has 1 N–H and O–H groups in total. The van der Waals surface area contributed by atoms with Crippen LogP contribution < -0.4 is 4.72 Å². The second-order valence-corrected chi connectivity index (χ2v) is 7.39.